The largest absolute Gasteiger partial charge is 0.396 e. The second-order valence-corrected chi connectivity index (χ2v) is 4.18. The van der Waals surface area contributed by atoms with Gasteiger partial charge in [-0.05, 0) is 31.4 Å². The molecule has 0 atom stereocenters. The van der Waals surface area contributed by atoms with Gasteiger partial charge in [0, 0.05) is 13.1 Å². The predicted octanol–water partition coefficient (Wildman–Crippen LogP) is 2.17. The van der Waals surface area contributed by atoms with Crippen LogP contribution in [-0.4, -0.2) is 23.9 Å². The number of likely N-dealkylation sites (tertiary alicyclic amines) is 1. The number of carbonyl (C=O) groups is 1. The SMILES string of the molecule is Nc1ccc(F)c(C(=O)N2CCCCC2)c1F. The summed E-state index contributed by atoms with van der Waals surface area (Å²) in [5.41, 5.74) is 4.61. The first-order valence-corrected chi connectivity index (χ1v) is 5.64. The highest BCUT2D eigenvalue weighted by atomic mass is 19.1. The Hall–Kier alpha value is -1.65. The first-order chi connectivity index (χ1) is 8.11. The number of amides is 1. The fourth-order valence-corrected chi connectivity index (χ4v) is 2.02. The third kappa shape index (κ3) is 2.23. The Morgan fingerprint density at radius 3 is 2.47 bits per heavy atom. The summed E-state index contributed by atoms with van der Waals surface area (Å²) in [6.07, 6.45) is 2.79. The zero-order valence-electron chi connectivity index (χ0n) is 9.38. The molecule has 1 aromatic carbocycles. The average Bonchev–Trinajstić information content (AvgIpc) is 2.35. The molecule has 1 aromatic rings. The van der Waals surface area contributed by atoms with Gasteiger partial charge in [-0.1, -0.05) is 0 Å². The normalized spacial score (nSPS) is 16.0. The molecule has 0 bridgehead atoms. The molecule has 0 spiro atoms. The van der Waals surface area contributed by atoms with E-state index in [2.05, 4.69) is 0 Å². The van der Waals surface area contributed by atoms with Crippen molar-refractivity contribution in [2.45, 2.75) is 19.3 Å². The molecule has 1 heterocycles. The van der Waals surface area contributed by atoms with Gasteiger partial charge in [0.1, 0.15) is 11.4 Å². The van der Waals surface area contributed by atoms with Crippen LogP contribution in [0.4, 0.5) is 14.5 Å². The maximum atomic E-state index is 13.7. The average molecular weight is 240 g/mol. The molecule has 92 valence electrons. The molecule has 1 fully saturated rings. The summed E-state index contributed by atoms with van der Waals surface area (Å²) >= 11 is 0. The van der Waals surface area contributed by atoms with E-state index in [1.807, 2.05) is 0 Å². The van der Waals surface area contributed by atoms with Crippen molar-refractivity contribution in [3.05, 3.63) is 29.3 Å². The van der Waals surface area contributed by atoms with Crippen LogP contribution in [0, 0.1) is 11.6 Å². The molecule has 0 aromatic heterocycles. The monoisotopic (exact) mass is 240 g/mol. The summed E-state index contributed by atoms with van der Waals surface area (Å²) in [7, 11) is 0. The smallest absolute Gasteiger partial charge is 0.259 e. The van der Waals surface area contributed by atoms with Crippen LogP contribution < -0.4 is 5.73 Å². The summed E-state index contributed by atoms with van der Waals surface area (Å²) in [6, 6.07) is 2.15. The van der Waals surface area contributed by atoms with Crippen molar-refractivity contribution in [3.63, 3.8) is 0 Å². The molecule has 1 aliphatic rings. The van der Waals surface area contributed by atoms with E-state index in [1.165, 1.54) is 4.90 Å². The third-order valence-electron chi connectivity index (χ3n) is 2.98. The van der Waals surface area contributed by atoms with Crippen LogP contribution in [0.1, 0.15) is 29.6 Å². The van der Waals surface area contributed by atoms with Gasteiger partial charge in [0.25, 0.3) is 5.91 Å². The van der Waals surface area contributed by atoms with Crippen LogP contribution in [0.3, 0.4) is 0 Å². The summed E-state index contributed by atoms with van der Waals surface area (Å²) in [6.45, 7) is 1.10. The van der Waals surface area contributed by atoms with Gasteiger partial charge in [-0.3, -0.25) is 4.79 Å². The minimum atomic E-state index is -0.958. The molecule has 1 amide bonds. The van der Waals surface area contributed by atoms with E-state index in [4.69, 9.17) is 5.73 Å². The van der Waals surface area contributed by atoms with Gasteiger partial charge in [-0.2, -0.15) is 0 Å². The number of hydrogen-bond donors (Lipinski definition) is 1. The molecule has 5 heteroatoms. The topological polar surface area (TPSA) is 46.3 Å². The van der Waals surface area contributed by atoms with E-state index < -0.39 is 23.1 Å². The van der Waals surface area contributed by atoms with Crippen LogP contribution in [0.2, 0.25) is 0 Å². The van der Waals surface area contributed by atoms with E-state index in [-0.39, 0.29) is 5.69 Å². The van der Waals surface area contributed by atoms with Crippen LogP contribution in [0.25, 0.3) is 0 Å². The number of benzene rings is 1. The Morgan fingerprint density at radius 2 is 1.82 bits per heavy atom. The fraction of sp³-hybridized carbons (Fsp3) is 0.417. The Bertz CT molecular complexity index is 442. The second-order valence-electron chi connectivity index (χ2n) is 4.18. The number of piperidine rings is 1. The number of carbonyl (C=O) groups excluding carboxylic acids is 1. The lowest BCUT2D eigenvalue weighted by molar-refractivity contribution is 0.0714. The lowest BCUT2D eigenvalue weighted by Crippen LogP contribution is -2.36. The van der Waals surface area contributed by atoms with Crippen molar-refractivity contribution < 1.29 is 13.6 Å². The molecule has 2 rings (SSSR count). The molecule has 1 saturated heterocycles. The van der Waals surface area contributed by atoms with Gasteiger partial charge in [-0.15, -0.1) is 0 Å². The van der Waals surface area contributed by atoms with E-state index >= 15 is 0 Å². The number of nitrogen functional groups attached to an aromatic ring is 1. The Balaban J connectivity index is 2.32. The minimum Gasteiger partial charge on any atom is -0.396 e. The van der Waals surface area contributed by atoms with Crippen LogP contribution in [0.15, 0.2) is 12.1 Å². The van der Waals surface area contributed by atoms with E-state index in [1.54, 1.807) is 0 Å². The van der Waals surface area contributed by atoms with Crippen LogP contribution in [0.5, 0.6) is 0 Å². The summed E-state index contributed by atoms with van der Waals surface area (Å²) in [5, 5.41) is 0. The molecule has 0 radical (unpaired) electrons. The van der Waals surface area contributed by atoms with Gasteiger partial charge in [0.2, 0.25) is 0 Å². The lowest BCUT2D eigenvalue weighted by atomic mass is 10.1. The fourth-order valence-electron chi connectivity index (χ4n) is 2.02. The standard InChI is InChI=1S/C12H14F2N2O/c13-8-4-5-9(15)11(14)10(8)12(17)16-6-2-1-3-7-16/h4-5H,1-3,6-7,15H2. The van der Waals surface area contributed by atoms with E-state index in [0.717, 1.165) is 31.4 Å². The maximum absolute atomic E-state index is 13.7. The van der Waals surface area contributed by atoms with Crippen molar-refractivity contribution in [1.29, 1.82) is 0 Å². The van der Waals surface area contributed by atoms with E-state index in [9.17, 15) is 13.6 Å². The quantitative estimate of drug-likeness (QED) is 0.765. The summed E-state index contributed by atoms with van der Waals surface area (Å²) < 4.78 is 27.1. The Labute approximate surface area is 98.2 Å². The Morgan fingerprint density at radius 1 is 1.18 bits per heavy atom. The lowest BCUT2D eigenvalue weighted by Gasteiger charge is -2.27. The first-order valence-electron chi connectivity index (χ1n) is 5.64. The van der Waals surface area contributed by atoms with E-state index in [0.29, 0.717) is 13.1 Å². The van der Waals surface area contributed by atoms with Crippen molar-refractivity contribution >= 4 is 11.6 Å². The molecule has 0 unspecified atom stereocenters. The van der Waals surface area contributed by atoms with Gasteiger partial charge in [0.15, 0.2) is 5.82 Å². The molecular formula is C12H14F2N2O. The van der Waals surface area contributed by atoms with Crippen LogP contribution >= 0.6 is 0 Å². The zero-order chi connectivity index (χ0) is 12.4. The van der Waals surface area contributed by atoms with Gasteiger partial charge >= 0.3 is 0 Å². The maximum Gasteiger partial charge on any atom is 0.259 e. The first kappa shape index (κ1) is 11.8. The molecule has 3 nitrogen and oxygen atoms in total. The number of nitrogens with two attached hydrogens (primary N) is 1. The number of rotatable bonds is 1. The highest BCUT2D eigenvalue weighted by Crippen LogP contribution is 2.22. The molecule has 1 aliphatic heterocycles. The molecule has 0 aliphatic carbocycles. The van der Waals surface area contributed by atoms with Gasteiger partial charge < -0.3 is 10.6 Å². The van der Waals surface area contributed by atoms with Crippen LogP contribution in [-0.2, 0) is 0 Å². The highest BCUT2D eigenvalue weighted by molar-refractivity contribution is 5.95. The number of nitrogens with zero attached hydrogens (tertiary/aromatic N) is 1. The van der Waals surface area contributed by atoms with Crippen molar-refractivity contribution in [1.82, 2.24) is 4.90 Å². The minimum absolute atomic E-state index is 0.202. The van der Waals surface area contributed by atoms with Gasteiger partial charge in [-0.25, -0.2) is 8.78 Å². The number of halogens is 2. The molecular weight excluding hydrogens is 226 g/mol. The number of hydrogen-bond acceptors (Lipinski definition) is 2. The third-order valence-corrected chi connectivity index (χ3v) is 2.98. The van der Waals surface area contributed by atoms with Crippen molar-refractivity contribution in [3.8, 4) is 0 Å². The zero-order valence-corrected chi connectivity index (χ0v) is 9.38. The number of anilines is 1. The molecule has 17 heavy (non-hydrogen) atoms. The van der Waals surface area contributed by atoms with Crippen molar-refractivity contribution in [2.24, 2.45) is 0 Å². The molecule has 2 N–H and O–H groups in total. The summed E-state index contributed by atoms with van der Waals surface area (Å²) in [4.78, 5) is 13.5. The second kappa shape index (κ2) is 4.69. The summed E-state index contributed by atoms with van der Waals surface area (Å²) in [5.74, 6) is -2.42. The van der Waals surface area contributed by atoms with Crippen molar-refractivity contribution in [2.75, 3.05) is 18.8 Å². The Kier molecular flexibility index (Phi) is 3.26. The van der Waals surface area contributed by atoms with Gasteiger partial charge in [0.05, 0.1) is 5.69 Å². The molecule has 0 saturated carbocycles. The highest BCUT2D eigenvalue weighted by Gasteiger charge is 2.25. The predicted molar refractivity (Wildman–Crippen MR) is 60.5 cm³/mol.